The molecule has 2 aromatic carbocycles. The third-order valence-electron chi connectivity index (χ3n) is 6.80. The second kappa shape index (κ2) is 32.9. The Balaban J connectivity index is -0.000000825. The van der Waals surface area contributed by atoms with Gasteiger partial charge in [0.05, 0.1) is 48.8 Å². The Kier molecular flexibility index (Phi) is 33.3. The number of nitro benzene ring substituents is 2. The van der Waals surface area contributed by atoms with Crippen molar-refractivity contribution >= 4 is 143 Å². The first-order valence-electron chi connectivity index (χ1n) is 16.6. The summed E-state index contributed by atoms with van der Waals surface area (Å²) in [5.41, 5.74) is 13.4. The monoisotopic (exact) mass is 1090 g/mol. The number of benzene rings is 2. The molecule has 5 N–H and O–H groups in total. The van der Waals surface area contributed by atoms with Gasteiger partial charge in [0.2, 0.25) is 0 Å². The molecule has 0 saturated heterocycles. The number of ketones is 1. The molecule has 0 bridgehead atoms. The number of aromatic nitrogens is 1. The van der Waals surface area contributed by atoms with Gasteiger partial charge in [-0.15, -0.1) is 51.0 Å². The van der Waals surface area contributed by atoms with Crippen LogP contribution in [-0.4, -0.2) is 48.7 Å². The minimum atomic E-state index is -0.773. The Morgan fingerprint density at radius 3 is 1.79 bits per heavy atom. The number of nitro groups is 2. The maximum Gasteiger partial charge on any atom is 0.408 e. The van der Waals surface area contributed by atoms with E-state index in [9.17, 15) is 29.8 Å². The molecule has 0 spiro atoms. The van der Waals surface area contributed by atoms with Crippen molar-refractivity contribution < 1.29 is 24.2 Å². The quantitative estimate of drug-likeness (QED) is 0.0457. The number of hydrogen-bond acceptors (Lipinski definition) is 16. The highest BCUT2D eigenvalue weighted by atomic mass is 79.9. The van der Waals surface area contributed by atoms with Gasteiger partial charge < -0.3 is 21.5 Å². The number of ether oxygens (including phenoxy) is 1. The number of rotatable bonds is 12. The van der Waals surface area contributed by atoms with E-state index in [0.29, 0.717) is 17.0 Å². The Morgan fingerprint density at radius 2 is 1.41 bits per heavy atom. The lowest BCUT2D eigenvalue weighted by atomic mass is 10.0. The van der Waals surface area contributed by atoms with Crippen molar-refractivity contribution in [2.24, 2.45) is 11.5 Å². The molecule has 5 rings (SSSR count). The number of Topliss-reactive ketones (excluding diaryl/α,β-unsaturated/α-hetero) is 1. The van der Waals surface area contributed by atoms with Crippen LogP contribution in [0.15, 0.2) is 88.9 Å². The Bertz CT molecular complexity index is 2080. The predicted octanol–water partition coefficient (Wildman–Crippen LogP) is 10.3. The summed E-state index contributed by atoms with van der Waals surface area (Å²) in [7, 11) is 0. The summed E-state index contributed by atoms with van der Waals surface area (Å²) >= 11 is 19.9. The molecule has 2 atom stereocenters. The summed E-state index contributed by atoms with van der Waals surface area (Å²) in [6, 6.07) is 21.0. The third kappa shape index (κ3) is 24.5. The number of nitrogens with one attached hydrogen (secondary N) is 1. The molecule has 5 aromatic rings. The highest BCUT2D eigenvalue weighted by molar-refractivity contribution is 9.09. The predicted molar refractivity (Wildman–Crippen MR) is 272 cm³/mol. The lowest BCUT2D eigenvalue weighted by Gasteiger charge is -2.23. The normalized spacial score (nSPS) is 10.4. The third-order valence-corrected chi connectivity index (χ3v) is 10.5. The number of carbonyl (C=O) groups is 2. The molecule has 332 valence electrons. The summed E-state index contributed by atoms with van der Waals surface area (Å²) < 4.78 is 5.14. The van der Waals surface area contributed by atoms with Crippen LogP contribution < -0.4 is 16.8 Å². The van der Waals surface area contributed by atoms with Crippen molar-refractivity contribution in [1.29, 1.82) is 5.26 Å². The molecule has 0 aliphatic heterocycles. The van der Waals surface area contributed by atoms with E-state index in [1.54, 1.807) is 85.1 Å². The van der Waals surface area contributed by atoms with E-state index in [-0.39, 0.29) is 72.9 Å². The first-order valence-corrected chi connectivity index (χ1v) is 22.1. The average Bonchev–Trinajstić information content (AvgIpc) is 4.00. The number of thiophene rings is 2. The summed E-state index contributed by atoms with van der Waals surface area (Å²) in [5.74, 6) is -0.214. The summed E-state index contributed by atoms with van der Waals surface area (Å²) in [6.45, 7) is 6.61. The minimum Gasteiger partial charge on any atom is -0.444 e. The second-order valence-corrected chi connectivity index (χ2v) is 16.0. The molecule has 3 aromatic heterocycles. The van der Waals surface area contributed by atoms with Crippen molar-refractivity contribution in [1.82, 2.24) is 10.3 Å². The zero-order valence-electron chi connectivity index (χ0n) is 32.5. The molecule has 1 amide bonds. The second-order valence-electron chi connectivity index (χ2n) is 12.3. The largest absolute Gasteiger partial charge is 0.444 e. The number of amides is 1. The van der Waals surface area contributed by atoms with Gasteiger partial charge in [-0.25, -0.2) is 9.78 Å². The number of non-ortho nitro benzene ring substituents is 2. The van der Waals surface area contributed by atoms with E-state index in [4.69, 9.17) is 33.7 Å². The van der Waals surface area contributed by atoms with E-state index in [0.717, 1.165) is 26.0 Å². The van der Waals surface area contributed by atoms with E-state index in [2.05, 4.69) is 48.6 Å². The summed E-state index contributed by atoms with van der Waals surface area (Å²) in [6.07, 6.45) is 0.145. The molecule has 0 unspecified atom stereocenters. The molecule has 0 fully saturated rings. The zero-order chi connectivity index (χ0) is 43.8. The fourth-order valence-corrected chi connectivity index (χ4v) is 7.16. The Labute approximate surface area is 408 Å². The molecule has 61 heavy (non-hydrogen) atoms. The van der Waals surface area contributed by atoms with Crippen LogP contribution in [0.2, 0.25) is 0 Å². The number of alkyl carbamates (subject to hydrolysis) is 1. The molecule has 23 heteroatoms. The van der Waals surface area contributed by atoms with Gasteiger partial charge in [0.1, 0.15) is 15.6 Å². The van der Waals surface area contributed by atoms with Gasteiger partial charge in [-0.3, -0.25) is 25.0 Å². The fourth-order valence-electron chi connectivity index (χ4n) is 4.28. The number of thiocarbonyl (C=S) groups is 1. The van der Waals surface area contributed by atoms with E-state index in [1.807, 2.05) is 40.4 Å². The molecule has 0 radical (unpaired) electrons. The van der Waals surface area contributed by atoms with Gasteiger partial charge in [-0.2, -0.15) is 18.8 Å². The number of nitrogens with zero attached hydrogens (tertiary/aromatic N) is 4. The van der Waals surface area contributed by atoms with E-state index >= 15 is 0 Å². The number of nitriles is 1. The molecule has 3 heterocycles. The van der Waals surface area contributed by atoms with Crippen LogP contribution in [0, 0.1) is 31.6 Å². The molecule has 14 nitrogen and oxygen atoms in total. The van der Waals surface area contributed by atoms with Crippen LogP contribution in [0.3, 0.4) is 0 Å². The lowest BCUT2D eigenvalue weighted by Crippen LogP contribution is -2.45. The van der Waals surface area contributed by atoms with Crippen LogP contribution in [0.25, 0.3) is 9.88 Å². The van der Waals surface area contributed by atoms with Crippen LogP contribution in [0.5, 0.6) is 0 Å². The summed E-state index contributed by atoms with van der Waals surface area (Å²) in [5, 5.41) is 38.1. The van der Waals surface area contributed by atoms with Crippen molar-refractivity contribution in [2.45, 2.75) is 65.6 Å². The minimum absolute atomic E-state index is 0. The topological polar surface area (TPSA) is 230 Å². The van der Waals surface area contributed by atoms with Crippen LogP contribution in [0.1, 0.15) is 62.9 Å². The summed E-state index contributed by atoms with van der Waals surface area (Å²) in [4.78, 5) is 51.4. The van der Waals surface area contributed by atoms with Gasteiger partial charge in [0, 0.05) is 58.9 Å². The highest BCUT2D eigenvalue weighted by Crippen LogP contribution is 2.30. The first-order chi connectivity index (χ1) is 27.5. The van der Waals surface area contributed by atoms with Crippen molar-refractivity contribution in [3.63, 3.8) is 0 Å². The molecule has 0 aliphatic carbocycles. The Hall–Kier alpha value is -3.70. The molecular formula is C38H47Br2N7O7S7. The maximum absolute atomic E-state index is 12.0. The number of carbonyl (C=O) groups excluding carboxylic acids is 2. The van der Waals surface area contributed by atoms with Crippen molar-refractivity contribution in [2.75, 3.05) is 5.33 Å². The first kappa shape index (κ1) is 61.6. The van der Waals surface area contributed by atoms with Crippen molar-refractivity contribution in [3.05, 3.63) is 131 Å². The SMILES string of the molecule is Br.C.CC#N.CC(C)(C)OC(=O)N[C@@H](Cc1ccc([N+](=O)[O-])cc1)C(=O)CBr.NC(=S)c1cccs1.N[C@@H](Cc1ccc([N+](=O)[O-])cc1)c1csc(-c2cccs2)n1.S.S=S. The van der Waals surface area contributed by atoms with Crippen LogP contribution in [0.4, 0.5) is 16.2 Å². The fraction of sp³-hybridized carbons (Fsp3) is 0.289. The van der Waals surface area contributed by atoms with Crippen LogP contribution in [-0.2, 0) is 44.7 Å². The van der Waals surface area contributed by atoms with Crippen LogP contribution >= 0.6 is 92.6 Å². The van der Waals surface area contributed by atoms with Gasteiger partial charge >= 0.3 is 6.09 Å². The number of thiazole rings is 1. The smallest absolute Gasteiger partial charge is 0.408 e. The van der Waals surface area contributed by atoms with Gasteiger partial charge in [-0.05, 0) is 67.6 Å². The number of halogens is 2. The average molecular weight is 1100 g/mol. The standard InChI is InChI=1S/C15H19BrN2O5.C15H13N3O2S2.C5H5NS2.C2H3N.CH4.BrH.S2.H2S/c1-15(2,3)23-14(20)17-12(13(19)9-16)8-10-4-6-11(7-5-10)18(21)22;16-12(8-10-3-5-11(6-4-10)18(19)20)13-9-22-15(17-13)14-2-1-7-21-14;6-5(7)4-2-1-3-8-4;1-2-3;;;1-2;/h4-7,12H,8-9H2,1-3H3,(H,17,20);1-7,9,12H,8,16H2;1-3H,(H2,6,7);1H3;1H4;1H;;1H2/t2*12-;;;;;;/m00....../s1. The molecule has 0 aliphatic rings. The highest BCUT2D eigenvalue weighted by Gasteiger charge is 2.24. The number of nitrogens with two attached hydrogens (primary N) is 2. The van der Waals surface area contributed by atoms with E-state index < -0.39 is 27.6 Å². The maximum atomic E-state index is 12.0. The van der Waals surface area contributed by atoms with Gasteiger partial charge in [0.25, 0.3) is 11.4 Å². The number of hydrogen-bond donors (Lipinski definition) is 3. The number of alkyl halides is 1. The van der Waals surface area contributed by atoms with Gasteiger partial charge in [0.15, 0.2) is 5.78 Å². The molecular weight excluding hydrogens is 1050 g/mol. The zero-order valence-corrected chi connectivity index (χ0v) is 41.7. The van der Waals surface area contributed by atoms with Crippen molar-refractivity contribution in [3.8, 4) is 16.0 Å². The van der Waals surface area contributed by atoms with E-state index in [1.165, 1.54) is 31.2 Å². The molecule has 0 saturated carbocycles. The Morgan fingerprint density at radius 1 is 0.934 bits per heavy atom. The van der Waals surface area contributed by atoms with Gasteiger partial charge in [-0.1, -0.05) is 72.0 Å². The lowest BCUT2D eigenvalue weighted by molar-refractivity contribution is -0.385.